The normalized spacial score (nSPS) is 30.8. The van der Waals surface area contributed by atoms with Gasteiger partial charge in [-0.2, -0.15) is 4.37 Å². The van der Waals surface area contributed by atoms with Gasteiger partial charge < -0.3 is 4.90 Å². The number of alkyl halides is 1. The third-order valence-corrected chi connectivity index (χ3v) is 4.87. The van der Waals surface area contributed by atoms with Gasteiger partial charge in [-0.15, -0.1) is 11.6 Å². The molecule has 2 atom stereocenters. The Morgan fingerprint density at radius 1 is 1.38 bits per heavy atom. The first-order valence-electron chi connectivity index (χ1n) is 5.96. The van der Waals surface area contributed by atoms with E-state index in [0.717, 1.165) is 30.5 Å². The van der Waals surface area contributed by atoms with Crippen LogP contribution in [0.5, 0.6) is 0 Å². The molecule has 2 fully saturated rings. The third-order valence-electron chi connectivity index (χ3n) is 3.51. The smallest absolute Gasteiger partial charge is 0.205 e. The average molecular weight is 258 g/mol. The zero-order valence-corrected chi connectivity index (χ0v) is 11.0. The maximum absolute atomic E-state index is 6.31. The molecule has 3 rings (SSSR count). The zero-order chi connectivity index (χ0) is 11.1. The van der Waals surface area contributed by atoms with Gasteiger partial charge in [-0.05, 0) is 25.2 Å². The van der Waals surface area contributed by atoms with E-state index in [1.165, 1.54) is 24.4 Å². The molecular formula is C11H16ClN3S. The van der Waals surface area contributed by atoms with E-state index in [0.29, 0.717) is 11.8 Å². The fourth-order valence-corrected chi connectivity index (χ4v) is 3.13. The summed E-state index contributed by atoms with van der Waals surface area (Å²) in [5.74, 6) is 2.33. The maximum Gasteiger partial charge on any atom is 0.205 e. The van der Waals surface area contributed by atoms with Gasteiger partial charge in [0.25, 0.3) is 0 Å². The average Bonchev–Trinajstić information content (AvgIpc) is 3.01. The fourth-order valence-electron chi connectivity index (χ4n) is 2.06. The van der Waals surface area contributed by atoms with E-state index in [9.17, 15) is 0 Å². The molecule has 0 amide bonds. The van der Waals surface area contributed by atoms with Gasteiger partial charge in [0, 0.05) is 30.5 Å². The molecule has 1 aliphatic carbocycles. The van der Waals surface area contributed by atoms with Gasteiger partial charge >= 0.3 is 0 Å². The van der Waals surface area contributed by atoms with E-state index < -0.39 is 0 Å². The van der Waals surface area contributed by atoms with Crippen LogP contribution >= 0.6 is 23.1 Å². The number of piperidine rings is 1. The number of nitrogens with zero attached hydrogens (tertiary/aromatic N) is 3. The lowest BCUT2D eigenvalue weighted by atomic mass is 9.99. The Bertz CT molecular complexity index is 377. The van der Waals surface area contributed by atoms with Crippen molar-refractivity contribution in [2.75, 3.05) is 18.0 Å². The molecule has 1 aliphatic heterocycles. The van der Waals surface area contributed by atoms with Crippen molar-refractivity contribution in [3.8, 4) is 0 Å². The Balaban J connectivity index is 1.71. The molecule has 88 valence electrons. The minimum Gasteiger partial charge on any atom is -0.345 e. The van der Waals surface area contributed by atoms with Crippen LogP contribution < -0.4 is 4.90 Å². The van der Waals surface area contributed by atoms with Crippen molar-refractivity contribution in [2.24, 2.45) is 5.92 Å². The summed E-state index contributed by atoms with van der Waals surface area (Å²) in [7, 11) is 0. The molecule has 1 aromatic heterocycles. The first kappa shape index (κ1) is 10.8. The van der Waals surface area contributed by atoms with Crippen LogP contribution in [0, 0.1) is 5.92 Å². The summed E-state index contributed by atoms with van der Waals surface area (Å²) in [6.45, 7) is 4.22. The predicted octanol–water partition coefficient (Wildman–Crippen LogP) is 2.87. The van der Waals surface area contributed by atoms with Gasteiger partial charge in [-0.1, -0.05) is 6.92 Å². The van der Waals surface area contributed by atoms with Crippen LogP contribution in [0.3, 0.4) is 0 Å². The van der Waals surface area contributed by atoms with E-state index in [1.54, 1.807) is 0 Å². The summed E-state index contributed by atoms with van der Waals surface area (Å²) >= 11 is 7.84. The van der Waals surface area contributed by atoms with Gasteiger partial charge in [-0.25, -0.2) is 4.98 Å². The largest absolute Gasteiger partial charge is 0.345 e. The van der Waals surface area contributed by atoms with Crippen molar-refractivity contribution in [1.29, 1.82) is 0 Å². The predicted molar refractivity (Wildman–Crippen MR) is 67.5 cm³/mol. The van der Waals surface area contributed by atoms with Crippen LogP contribution in [0.25, 0.3) is 0 Å². The lowest BCUT2D eigenvalue weighted by Crippen LogP contribution is -2.40. The minimum atomic E-state index is 0.252. The molecule has 5 heteroatoms. The van der Waals surface area contributed by atoms with Crippen LogP contribution in [0.1, 0.15) is 37.9 Å². The first-order valence-corrected chi connectivity index (χ1v) is 7.17. The van der Waals surface area contributed by atoms with Crippen molar-refractivity contribution in [3.63, 3.8) is 0 Å². The second-order valence-corrected chi connectivity index (χ2v) is 6.23. The molecule has 1 aromatic rings. The van der Waals surface area contributed by atoms with Crippen LogP contribution in [-0.2, 0) is 0 Å². The van der Waals surface area contributed by atoms with E-state index in [-0.39, 0.29) is 5.38 Å². The van der Waals surface area contributed by atoms with Gasteiger partial charge in [0.1, 0.15) is 5.82 Å². The standard InChI is InChI=1S/C11H16ClN3S/c1-7-4-5-15(6-9(7)12)11-13-10(14-16-11)8-2-3-8/h7-9H,2-6H2,1H3. The van der Waals surface area contributed by atoms with Crippen molar-refractivity contribution in [3.05, 3.63) is 5.82 Å². The molecule has 2 unspecified atom stereocenters. The summed E-state index contributed by atoms with van der Waals surface area (Å²) < 4.78 is 4.44. The quantitative estimate of drug-likeness (QED) is 0.763. The van der Waals surface area contributed by atoms with E-state index in [4.69, 9.17) is 11.6 Å². The Morgan fingerprint density at radius 2 is 2.19 bits per heavy atom. The van der Waals surface area contributed by atoms with E-state index >= 15 is 0 Å². The molecule has 3 nitrogen and oxygen atoms in total. The van der Waals surface area contributed by atoms with Gasteiger partial charge in [-0.3, -0.25) is 0 Å². The van der Waals surface area contributed by atoms with Gasteiger partial charge in [0.05, 0.1) is 5.38 Å². The number of anilines is 1. The second-order valence-electron chi connectivity index (χ2n) is 4.94. The lowest BCUT2D eigenvalue weighted by molar-refractivity contribution is 0.445. The number of hydrogen-bond donors (Lipinski definition) is 0. The highest BCUT2D eigenvalue weighted by Gasteiger charge is 2.30. The molecular weight excluding hydrogens is 242 g/mol. The lowest BCUT2D eigenvalue weighted by Gasteiger charge is -2.33. The van der Waals surface area contributed by atoms with Crippen LogP contribution in [0.15, 0.2) is 0 Å². The highest BCUT2D eigenvalue weighted by molar-refractivity contribution is 7.09. The molecule has 1 saturated carbocycles. The third kappa shape index (κ3) is 2.05. The molecule has 2 heterocycles. The van der Waals surface area contributed by atoms with E-state index in [1.807, 2.05) is 0 Å². The van der Waals surface area contributed by atoms with Gasteiger partial charge in [0.2, 0.25) is 5.13 Å². The molecule has 0 radical (unpaired) electrons. The minimum absolute atomic E-state index is 0.252. The van der Waals surface area contributed by atoms with Crippen LogP contribution in [0.2, 0.25) is 0 Å². The van der Waals surface area contributed by atoms with Crippen molar-refractivity contribution < 1.29 is 0 Å². The number of aromatic nitrogens is 2. The van der Waals surface area contributed by atoms with Crippen molar-refractivity contribution in [1.82, 2.24) is 9.36 Å². The Hall–Kier alpha value is -0.350. The number of halogens is 1. The monoisotopic (exact) mass is 257 g/mol. The van der Waals surface area contributed by atoms with Gasteiger partial charge in [0.15, 0.2) is 0 Å². The second kappa shape index (κ2) is 4.15. The molecule has 2 aliphatic rings. The molecule has 1 saturated heterocycles. The van der Waals surface area contributed by atoms with Crippen molar-refractivity contribution >= 4 is 28.3 Å². The summed E-state index contributed by atoms with van der Waals surface area (Å²) in [6.07, 6.45) is 3.70. The SMILES string of the molecule is CC1CCN(c2nc(C3CC3)ns2)CC1Cl. The van der Waals surface area contributed by atoms with Crippen molar-refractivity contribution in [2.45, 2.75) is 37.5 Å². The van der Waals surface area contributed by atoms with Crippen LogP contribution in [0.4, 0.5) is 5.13 Å². The van der Waals surface area contributed by atoms with Crippen LogP contribution in [-0.4, -0.2) is 27.8 Å². The topological polar surface area (TPSA) is 29.0 Å². The number of rotatable bonds is 2. The summed E-state index contributed by atoms with van der Waals surface area (Å²) in [4.78, 5) is 6.92. The summed E-state index contributed by atoms with van der Waals surface area (Å²) in [5, 5.41) is 1.32. The Morgan fingerprint density at radius 3 is 2.88 bits per heavy atom. The van der Waals surface area contributed by atoms with E-state index in [2.05, 4.69) is 21.2 Å². The fraction of sp³-hybridized carbons (Fsp3) is 0.818. The number of hydrogen-bond acceptors (Lipinski definition) is 4. The maximum atomic E-state index is 6.31. The molecule has 0 spiro atoms. The Labute approximate surface area is 105 Å². The highest BCUT2D eigenvalue weighted by atomic mass is 35.5. The molecule has 0 N–H and O–H groups in total. The molecule has 0 bridgehead atoms. The summed E-state index contributed by atoms with van der Waals surface area (Å²) in [5.41, 5.74) is 0. The Kier molecular flexibility index (Phi) is 2.80. The highest BCUT2D eigenvalue weighted by Crippen LogP contribution is 2.40. The first-order chi connectivity index (χ1) is 7.74. The zero-order valence-electron chi connectivity index (χ0n) is 9.40. The summed E-state index contributed by atoms with van der Waals surface area (Å²) in [6, 6.07) is 0. The molecule has 0 aromatic carbocycles. The molecule has 16 heavy (non-hydrogen) atoms.